The van der Waals surface area contributed by atoms with Crippen LogP contribution in [-0.2, 0) is 4.79 Å². The molecule has 0 radical (unpaired) electrons. The molecule has 0 bridgehead atoms. The Morgan fingerprint density at radius 1 is 1.57 bits per heavy atom. The Morgan fingerprint density at radius 2 is 2.24 bits per heavy atom. The van der Waals surface area contributed by atoms with E-state index in [1.165, 1.54) is 6.92 Å². The van der Waals surface area contributed by atoms with Crippen molar-refractivity contribution in [3.63, 3.8) is 0 Å². The van der Waals surface area contributed by atoms with Crippen LogP contribution >= 0.6 is 0 Å². The van der Waals surface area contributed by atoms with Crippen molar-refractivity contribution in [2.75, 3.05) is 13.2 Å². The molecule has 21 heavy (non-hydrogen) atoms. The van der Waals surface area contributed by atoms with Gasteiger partial charge in [0.1, 0.15) is 12.1 Å². The average Bonchev–Trinajstić information content (AvgIpc) is 2.43. The number of nitro groups is 1. The summed E-state index contributed by atoms with van der Waals surface area (Å²) in [5.41, 5.74) is -1.77. The molecule has 0 aliphatic carbocycles. The molecule has 1 atom stereocenters. The first-order valence-electron chi connectivity index (χ1n) is 6.35. The molecule has 0 aliphatic rings. The first-order valence-corrected chi connectivity index (χ1v) is 6.35. The van der Waals surface area contributed by atoms with Gasteiger partial charge in [-0.2, -0.15) is 0 Å². The molecule has 1 aromatic rings. The van der Waals surface area contributed by atoms with Crippen LogP contribution in [0.5, 0.6) is 5.75 Å². The maximum Gasteiger partial charge on any atom is 0.327 e. The number of non-ortho nitro benzene ring substituents is 1. The molecule has 0 spiro atoms. The van der Waals surface area contributed by atoms with Crippen LogP contribution in [-0.4, -0.2) is 34.7 Å². The molecule has 0 amide bonds. The third-order valence-electron chi connectivity index (χ3n) is 2.88. The molecule has 1 rings (SSSR count). The highest BCUT2D eigenvalue weighted by molar-refractivity contribution is 5.78. The molecule has 0 heterocycles. The van der Waals surface area contributed by atoms with E-state index in [1.54, 1.807) is 0 Å². The van der Waals surface area contributed by atoms with E-state index in [4.69, 9.17) is 4.74 Å². The van der Waals surface area contributed by atoms with Crippen LogP contribution in [0, 0.1) is 15.9 Å². The van der Waals surface area contributed by atoms with E-state index in [-0.39, 0.29) is 12.4 Å². The minimum absolute atomic E-state index is 0.230. The molecule has 1 aromatic carbocycles. The summed E-state index contributed by atoms with van der Waals surface area (Å²) in [5.74, 6) is -2.27. The number of nitro benzene ring substituents is 1. The number of carboxylic acids is 1. The number of carbonyl (C=O) groups is 1. The molecule has 0 saturated heterocycles. The molecule has 7 nitrogen and oxygen atoms in total. The Bertz CT molecular complexity index is 537. The van der Waals surface area contributed by atoms with Gasteiger partial charge < -0.3 is 9.84 Å². The predicted molar refractivity (Wildman–Crippen MR) is 72.9 cm³/mol. The highest BCUT2D eigenvalue weighted by Gasteiger charge is 2.33. The van der Waals surface area contributed by atoms with Crippen molar-refractivity contribution in [1.29, 1.82) is 0 Å². The van der Waals surface area contributed by atoms with E-state index in [0.29, 0.717) is 6.54 Å². The van der Waals surface area contributed by atoms with Gasteiger partial charge in [0.25, 0.3) is 5.69 Å². The van der Waals surface area contributed by atoms with E-state index in [2.05, 4.69) is 5.32 Å². The van der Waals surface area contributed by atoms with Gasteiger partial charge in [-0.3, -0.25) is 20.2 Å². The third-order valence-corrected chi connectivity index (χ3v) is 2.88. The summed E-state index contributed by atoms with van der Waals surface area (Å²) in [6.07, 6.45) is 0.731. The van der Waals surface area contributed by atoms with E-state index in [9.17, 15) is 24.4 Å². The van der Waals surface area contributed by atoms with Crippen LogP contribution in [0.3, 0.4) is 0 Å². The van der Waals surface area contributed by atoms with Crippen molar-refractivity contribution in [3.05, 3.63) is 34.1 Å². The van der Waals surface area contributed by atoms with Crippen LogP contribution in [0.4, 0.5) is 10.1 Å². The second-order valence-corrected chi connectivity index (χ2v) is 4.72. The smallest absolute Gasteiger partial charge is 0.327 e. The molecule has 0 saturated carbocycles. The third kappa shape index (κ3) is 4.38. The zero-order valence-corrected chi connectivity index (χ0v) is 11.8. The average molecular weight is 300 g/mol. The largest absolute Gasteiger partial charge is 0.488 e. The topological polar surface area (TPSA) is 102 Å². The van der Waals surface area contributed by atoms with E-state index < -0.39 is 27.9 Å². The van der Waals surface area contributed by atoms with Crippen LogP contribution in [0.1, 0.15) is 20.3 Å². The summed E-state index contributed by atoms with van der Waals surface area (Å²) < 4.78 is 18.8. The number of ether oxygens (including phenoxy) is 1. The number of halogens is 1. The number of nitrogens with zero attached hydrogens (tertiary/aromatic N) is 1. The van der Waals surface area contributed by atoms with Gasteiger partial charge >= 0.3 is 5.97 Å². The van der Waals surface area contributed by atoms with Gasteiger partial charge in [0, 0.05) is 6.07 Å². The Labute approximate surface area is 120 Å². The minimum Gasteiger partial charge on any atom is -0.488 e. The second kappa shape index (κ2) is 6.98. The number of benzene rings is 1. The second-order valence-electron chi connectivity index (χ2n) is 4.72. The lowest BCUT2D eigenvalue weighted by Gasteiger charge is -2.26. The highest BCUT2D eigenvalue weighted by Crippen LogP contribution is 2.23. The van der Waals surface area contributed by atoms with Gasteiger partial charge in [0.15, 0.2) is 11.6 Å². The number of carboxylic acid groups (broad SMARTS) is 1. The summed E-state index contributed by atoms with van der Waals surface area (Å²) >= 11 is 0. The van der Waals surface area contributed by atoms with Crippen LogP contribution in [0.25, 0.3) is 0 Å². The van der Waals surface area contributed by atoms with E-state index in [0.717, 1.165) is 24.6 Å². The van der Waals surface area contributed by atoms with Crippen molar-refractivity contribution in [2.45, 2.75) is 25.8 Å². The highest BCUT2D eigenvalue weighted by atomic mass is 19.1. The predicted octanol–water partition coefficient (Wildman–Crippen LogP) is 1.96. The Balaban J connectivity index is 2.81. The number of rotatable bonds is 8. The molecule has 0 aromatic heterocycles. The van der Waals surface area contributed by atoms with Crippen LogP contribution in [0.2, 0.25) is 0 Å². The van der Waals surface area contributed by atoms with Crippen LogP contribution in [0.15, 0.2) is 18.2 Å². The zero-order chi connectivity index (χ0) is 16.0. The Morgan fingerprint density at radius 3 is 2.71 bits per heavy atom. The molecular weight excluding hydrogens is 283 g/mol. The van der Waals surface area contributed by atoms with Crippen molar-refractivity contribution in [2.24, 2.45) is 0 Å². The number of nitrogens with one attached hydrogen (secondary N) is 1. The first kappa shape index (κ1) is 16.8. The Hall–Kier alpha value is -2.22. The number of hydrogen-bond donors (Lipinski definition) is 2. The SMILES string of the molecule is CCCNC(C)(COc1ccc([N+](=O)[O-])cc1F)C(=O)O. The molecule has 0 fully saturated rings. The van der Waals surface area contributed by atoms with Crippen LogP contribution < -0.4 is 10.1 Å². The summed E-state index contributed by atoms with van der Waals surface area (Å²) in [7, 11) is 0. The molecule has 0 aliphatic heterocycles. The fraction of sp³-hybridized carbons (Fsp3) is 0.462. The van der Waals surface area contributed by atoms with Gasteiger partial charge in [-0.25, -0.2) is 4.39 Å². The van der Waals surface area contributed by atoms with Crippen molar-refractivity contribution < 1.29 is 24.0 Å². The maximum absolute atomic E-state index is 13.6. The standard InChI is InChI=1S/C13H17FN2O5/c1-3-6-15-13(2,12(17)18)8-21-11-5-4-9(16(19)20)7-10(11)14/h4-5,7,15H,3,6,8H2,1-2H3,(H,17,18). The van der Waals surface area contributed by atoms with Gasteiger partial charge in [-0.15, -0.1) is 0 Å². The summed E-state index contributed by atoms with van der Waals surface area (Å²) in [4.78, 5) is 21.0. The molecular formula is C13H17FN2O5. The normalized spacial score (nSPS) is 13.5. The molecule has 2 N–H and O–H groups in total. The number of hydrogen-bond acceptors (Lipinski definition) is 5. The van der Waals surface area contributed by atoms with Gasteiger partial charge in [-0.1, -0.05) is 6.92 Å². The fourth-order valence-corrected chi connectivity index (χ4v) is 1.53. The first-order chi connectivity index (χ1) is 9.80. The summed E-state index contributed by atoms with van der Waals surface area (Å²) in [5, 5.41) is 22.5. The van der Waals surface area contributed by atoms with E-state index >= 15 is 0 Å². The van der Waals surface area contributed by atoms with Crippen molar-refractivity contribution >= 4 is 11.7 Å². The quantitative estimate of drug-likeness (QED) is 0.562. The maximum atomic E-state index is 13.6. The van der Waals surface area contributed by atoms with E-state index in [1.807, 2.05) is 6.92 Å². The summed E-state index contributed by atoms with van der Waals surface area (Å²) in [6, 6.07) is 2.93. The number of aliphatic carboxylic acids is 1. The van der Waals surface area contributed by atoms with Crippen molar-refractivity contribution in [1.82, 2.24) is 5.32 Å². The summed E-state index contributed by atoms with van der Waals surface area (Å²) in [6.45, 7) is 3.46. The minimum atomic E-state index is -1.37. The molecule has 1 unspecified atom stereocenters. The Kier molecular flexibility index (Phi) is 5.60. The van der Waals surface area contributed by atoms with Gasteiger partial charge in [0.05, 0.1) is 11.0 Å². The molecule has 116 valence electrons. The van der Waals surface area contributed by atoms with Gasteiger partial charge in [-0.05, 0) is 26.0 Å². The lowest BCUT2D eigenvalue weighted by Crippen LogP contribution is -2.54. The monoisotopic (exact) mass is 300 g/mol. The fourth-order valence-electron chi connectivity index (χ4n) is 1.53. The lowest BCUT2D eigenvalue weighted by atomic mass is 10.0. The van der Waals surface area contributed by atoms with Crippen molar-refractivity contribution in [3.8, 4) is 5.75 Å². The molecule has 8 heteroatoms. The zero-order valence-electron chi connectivity index (χ0n) is 11.8. The lowest BCUT2D eigenvalue weighted by molar-refractivity contribution is -0.385. The van der Waals surface area contributed by atoms with Gasteiger partial charge in [0.2, 0.25) is 0 Å².